The second-order valence-corrected chi connectivity index (χ2v) is 3.72. The molecule has 14 nitrogen and oxygen atoms in total. The van der Waals surface area contributed by atoms with Crippen molar-refractivity contribution in [3.8, 4) is 0 Å². The van der Waals surface area contributed by atoms with E-state index in [4.69, 9.17) is 54.9 Å². The van der Waals surface area contributed by atoms with Crippen LogP contribution in [0.1, 0.15) is 0 Å². The Balaban J connectivity index is -0.0000000422. The van der Waals surface area contributed by atoms with Crippen molar-refractivity contribution in [2.45, 2.75) is 0 Å². The smallest absolute Gasteiger partial charge is 0.545 e. The third-order valence-corrected chi connectivity index (χ3v) is 1.19. The molecule has 0 saturated carbocycles. The number of carbonyl (C=O) groups excluding carboxylic acids is 4. The molecular weight excluding hydrogens is 504 g/mol. The minimum atomic E-state index is -1.23. The van der Waals surface area contributed by atoms with Gasteiger partial charge in [0.05, 0.1) is 23.9 Å². The van der Waals surface area contributed by atoms with Gasteiger partial charge >= 0.3 is 28.9 Å². The molecule has 0 aromatic heterocycles. The SMILES string of the molecule is C=CC(=O)O.C=CC(=O)O.C=CC(=O)O.C=CC(=O)[O-].C=CC(=O)[O-].C=CC(=O)[O-].C=CC(=O)[O-].[Si+4]. The molecule has 0 aliphatic carbocycles. The van der Waals surface area contributed by atoms with Crippen LogP contribution in [0.15, 0.2) is 88.6 Å². The fourth-order valence-electron chi connectivity index (χ4n) is 0. The van der Waals surface area contributed by atoms with Gasteiger partial charge in [-0.1, -0.05) is 46.1 Å². The fraction of sp³-hybridized carbons (Fsp3) is 0. The van der Waals surface area contributed by atoms with Crippen molar-refractivity contribution in [2.75, 3.05) is 0 Å². The van der Waals surface area contributed by atoms with Crippen molar-refractivity contribution in [2.24, 2.45) is 0 Å². The molecule has 0 heterocycles. The Morgan fingerprint density at radius 1 is 0.389 bits per heavy atom. The summed E-state index contributed by atoms with van der Waals surface area (Å²) in [5.41, 5.74) is 0. The zero-order chi connectivity index (χ0) is 30.0. The Kier molecular flexibility index (Phi) is 69.3. The minimum Gasteiger partial charge on any atom is -0.545 e. The maximum atomic E-state index is 9.25. The summed E-state index contributed by atoms with van der Waals surface area (Å²) >= 11 is 0. The largest absolute Gasteiger partial charge is 4.00 e. The van der Waals surface area contributed by atoms with Crippen LogP contribution >= 0.6 is 0 Å². The van der Waals surface area contributed by atoms with Gasteiger partial charge in [0.15, 0.2) is 0 Å². The number of carboxylic acid groups (broad SMARTS) is 7. The normalized spacial score (nSPS) is 6.22. The Hall–Kier alpha value is -5.31. The van der Waals surface area contributed by atoms with E-state index in [1.165, 1.54) is 0 Å². The number of hydrogen-bond acceptors (Lipinski definition) is 11. The predicted molar refractivity (Wildman–Crippen MR) is 120 cm³/mol. The van der Waals surface area contributed by atoms with Crippen LogP contribution in [0.3, 0.4) is 0 Å². The summed E-state index contributed by atoms with van der Waals surface area (Å²) in [5.74, 6) is -7.87. The molecule has 0 aliphatic rings. The van der Waals surface area contributed by atoms with Crippen LogP contribution < -0.4 is 20.4 Å². The molecule has 0 unspecified atom stereocenters. The van der Waals surface area contributed by atoms with Gasteiger partial charge in [0.2, 0.25) is 0 Å². The predicted octanol–water partition coefficient (Wildman–Crippen LogP) is -3.92. The monoisotopic (exact) mass is 528 g/mol. The molecule has 3 N–H and O–H groups in total. The Morgan fingerprint density at radius 2 is 0.444 bits per heavy atom. The van der Waals surface area contributed by atoms with Crippen LogP contribution in [0.2, 0.25) is 0 Å². The molecule has 15 heteroatoms. The van der Waals surface area contributed by atoms with Crippen LogP contribution in [0, 0.1) is 0 Å². The van der Waals surface area contributed by atoms with Gasteiger partial charge < -0.3 is 54.9 Å². The van der Waals surface area contributed by atoms with E-state index in [0.717, 1.165) is 42.5 Å². The molecule has 0 bridgehead atoms. The van der Waals surface area contributed by atoms with Crippen molar-refractivity contribution < 1.29 is 69.3 Å². The van der Waals surface area contributed by atoms with Crippen molar-refractivity contribution >= 4 is 52.8 Å². The molecule has 0 saturated heterocycles. The summed E-state index contributed by atoms with van der Waals surface area (Å²) < 4.78 is 0. The van der Waals surface area contributed by atoms with E-state index < -0.39 is 41.8 Å². The molecule has 0 spiro atoms. The quantitative estimate of drug-likeness (QED) is 0.210. The van der Waals surface area contributed by atoms with Gasteiger partial charge in [-0.3, -0.25) is 0 Å². The van der Waals surface area contributed by atoms with E-state index in [0.29, 0.717) is 0 Å². The standard InChI is InChI=1S/7C3H4O2.Si/c7*1-2-3(4)5;/h7*2H,1H2,(H,4,5);/q;;;;;;;+4/p-4. The first-order valence-corrected chi connectivity index (χ1v) is 7.79. The topological polar surface area (TPSA) is 272 Å². The molecule has 0 aromatic rings. The maximum Gasteiger partial charge on any atom is 4.00 e. The fourth-order valence-corrected chi connectivity index (χ4v) is 0. The number of carbonyl (C=O) groups is 7. The van der Waals surface area contributed by atoms with Gasteiger partial charge in [-0.15, -0.1) is 0 Å². The molecule has 36 heavy (non-hydrogen) atoms. The van der Waals surface area contributed by atoms with Crippen molar-refractivity contribution in [1.29, 1.82) is 0 Å². The summed E-state index contributed by atoms with van der Waals surface area (Å²) in [4.78, 5) is 64.3. The Morgan fingerprint density at radius 3 is 0.444 bits per heavy atom. The number of carboxylic acids is 7. The van der Waals surface area contributed by atoms with Gasteiger partial charge in [0, 0.05) is 18.2 Å². The average Bonchev–Trinajstić information content (AvgIpc) is 2.80. The number of hydrogen-bond donors (Lipinski definition) is 3. The molecule has 0 fully saturated rings. The molecule has 0 aromatic carbocycles. The van der Waals surface area contributed by atoms with Gasteiger partial charge in [-0.05, 0) is 24.3 Å². The minimum absolute atomic E-state index is 0. The van der Waals surface area contributed by atoms with Gasteiger partial charge in [0.1, 0.15) is 0 Å². The Bertz CT molecular complexity index is 575. The second kappa shape index (κ2) is 47.5. The molecule has 0 atom stereocenters. The van der Waals surface area contributed by atoms with Gasteiger partial charge in [0.25, 0.3) is 0 Å². The summed E-state index contributed by atoms with van der Waals surface area (Å²) in [6.07, 6.45) is 5.39. The van der Waals surface area contributed by atoms with Crippen LogP contribution in [-0.2, 0) is 33.6 Å². The summed E-state index contributed by atoms with van der Waals surface area (Å²) in [6.45, 7) is 20.5. The first kappa shape index (κ1) is 52.5. The first-order valence-electron chi connectivity index (χ1n) is 7.79. The third-order valence-electron chi connectivity index (χ3n) is 1.19. The molecule has 0 aliphatic heterocycles. The van der Waals surface area contributed by atoms with Gasteiger partial charge in [-0.25, -0.2) is 14.4 Å². The Labute approximate surface area is 211 Å². The van der Waals surface area contributed by atoms with Gasteiger partial charge in [-0.2, -0.15) is 0 Å². The molecule has 0 rings (SSSR count). The van der Waals surface area contributed by atoms with Crippen LogP contribution in [-0.4, -0.2) is 68.1 Å². The van der Waals surface area contributed by atoms with Crippen LogP contribution in [0.25, 0.3) is 0 Å². The second-order valence-electron chi connectivity index (χ2n) is 3.72. The van der Waals surface area contributed by atoms with Crippen LogP contribution in [0.5, 0.6) is 0 Å². The maximum absolute atomic E-state index is 9.25. The third kappa shape index (κ3) is 291. The summed E-state index contributed by atoms with van der Waals surface area (Å²) in [5, 5.41) is 59.4. The van der Waals surface area contributed by atoms with E-state index in [9.17, 15) is 14.4 Å². The van der Waals surface area contributed by atoms with Crippen molar-refractivity contribution in [3.05, 3.63) is 88.6 Å². The summed E-state index contributed by atoms with van der Waals surface area (Å²) in [7, 11) is 0. The average molecular weight is 528 g/mol. The summed E-state index contributed by atoms with van der Waals surface area (Å²) in [6, 6.07) is 0. The van der Waals surface area contributed by atoms with E-state index in [1.54, 1.807) is 0 Å². The molecule has 196 valence electrons. The van der Waals surface area contributed by atoms with E-state index in [-0.39, 0.29) is 11.0 Å². The van der Waals surface area contributed by atoms with Crippen molar-refractivity contribution in [3.63, 3.8) is 0 Å². The van der Waals surface area contributed by atoms with Crippen molar-refractivity contribution in [1.82, 2.24) is 0 Å². The number of aliphatic carboxylic acids is 7. The first-order chi connectivity index (χ1) is 15.9. The zero-order valence-electron chi connectivity index (χ0n) is 18.8. The van der Waals surface area contributed by atoms with E-state index in [2.05, 4.69) is 46.1 Å². The zero-order valence-corrected chi connectivity index (χ0v) is 19.8. The molecule has 0 amide bonds. The van der Waals surface area contributed by atoms with E-state index in [1.807, 2.05) is 0 Å². The molecular formula is C21H24O14Si. The van der Waals surface area contributed by atoms with E-state index >= 15 is 0 Å². The van der Waals surface area contributed by atoms with Crippen LogP contribution in [0.4, 0.5) is 0 Å². The molecule has 0 radical (unpaired) electrons. The number of rotatable bonds is 7.